The van der Waals surface area contributed by atoms with Gasteiger partial charge in [-0.2, -0.15) is 0 Å². The molecular formula is C25H30O3. The van der Waals surface area contributed by atoms with E-state index < -0.39 is 0 Å². The maximum absolute atomic E-state index is 13.2. The number of carbonyl (C=O) groups is 1. The molecule has 0 saturated heterocycles. The summed E-state index contributed by atoms with van der Waals surface area (Å²) >= 11 is 0. The van der Waals surface area contributed by atoms with Gasteiger partial charge in [-0.05, 0) is 72.6 Å². The summed E-state index contributed by atoms with van der Waals surface area (Å²) in [4.78, 5) is 13.2. The van der Waals surface area contributed by atoms with Crippen molar-refractivity contribution < 1.29 is 14.3 Å². The molecule has 0 spiro atoms. The lowest BCUT2D eigenvalue weighted by Gasteiger charge is -2.22. The van der Waals surface area contributed by atoms with Gasteiger partial charge in [-0.25, -0.2) is 0 Å². The van der Waals surface area contributed by atoms with Crippen LogP contribution in [0.15, 0.2) is 48.5 Å². The molecule has 0 aliphatic heterocycles. The van der Waals surface area contributed by atoms with Crippen molar-refractivity contribution in [3.63, 3.8) is 0 Å². The highest BCUT2D eigenvalue weighted by molar-refractivity contribution is 5.80. The maximum Gasteiger partial charge on any atom is 0.134 e. The van der Waals surface area contributed by atoms with Crippen molar-refractivity contribution in [3.8, 4) is 11.5 Å². The van der Waals surface area contributed by atoms with Crippen molar-refractivity contribution in [2.75, 3.05) is 14.2 Å². The van der Waals surface area contributed by atoms with Crippen LogP contribution in [0.2, 0.25) is 0 Å². The molecule has 2 atom stereocenters. The molecule has 2 aliphatic rings. The molecule has 3 nitrogen and oxygen atoms in total. The molecule has 2 aromatic rings. The number of hydrogen-bond acceptors (Lipinski definition) is 3. The highest BCUT2D eigenvalue weighted by Crippen LogP contribution is 2.50. The van der Waals surface area contributed by atoms with E-state index in [2.05, 4.69) is 24.3 Å². The molecule has 0 unspecified atom stereocenters. The fourth-order valence-corrected chi connectivity index (χ4v) is 4.58. The summed E-state index contributed by atoms with van der Waals surface area (Å²) in [7, 11) is 3.44. The van der Waals surface area contributed by atoms with Crippen LogP contribution in [-0.4, -0.2) is 20.0 Å². The first-order valence-corrected chi connectivity index (χ1v) is 10.5. The SMILES string of the molecule is COc1ccccc1[C@H](CC(=O)C[C@@H](c1ccccc1OC)C1CC1)C1CC1. The first-order valence-electron chi connectivity index (χ1n) is 10.5. The van der Waals surface area contributed by atoms with Crippen LogP contribution < -0.4 is 9.47 Å². The first kappa shape index (κ1) is 19.0. The molecule has 2 aliphatic carbocycles. The number of methoxy groups -OCH3 is 2. The largest absolute Gasteiger partial charge is 0.496 e. The van der Waals surface area contributed by atoms with Crippen molar-refractivity contribution >= 4 is 5.78 Å². The van der Waals surface area contributed by atoms with Crippen LogP contribution in [-0.2, 0) is 4.79 Å². The van der Waals surface area contributed by atoms with Crippen LogP contribution >= 0.6 is 0 Å². The summed E-state index contributed by atoms with van der Waals surface area (Å²) in [6.07, 6.45) is 6.10. The number of benzene rings is 2. The minimum atomic E-state index is 0.279. The van der Waals surface area contributed by atoms with Gasteiger partial charge in [-0.15, -0.1) is 0 Å². The fourth-order valence-electron chi connectivity index (χ4n) is 4.58. The summed E-state index contributed by atoms with van der Waals surface area (Å²) in [5.41, 5.74) is 2.39. The van der Waals surface area contributed by atoms with Crippen LogP contribution in [0.25, 0.3) is 0 Å². The van der Waals surface area contributed by atoms with E-state index in [1.807, 2.05) is 24.3 Å². The van der Waals surface area contributed by atoms with Gasteiger partial charge in [0, 0.05) is 12.8 Å². The number of Topliss-reactive ketones (excluding diaryl/α,β-unsaturated/α-hetero) is 1. The van der Waals surface area contributed by atoms with E-state index in [9.17, 15) is 4.79 Å². The average Bonchev–Trinajstić information content (AvgIpc) is 3.63. The number of ketones is 1. The Hall–Kier alpha value is -2.29. The second-order valence-electron chi connectivity index (χ2n) is 8.32. The number of hydrogen-bond donors (Lipinski definition) is 0. The van der Waals surface area contributed by atoms with Gasteiger partial charge >= 0.3 is 0 Å². The third kappa shape index (κ3) is 4.24. The number of carbonyl (C=O) groups excluding carboxylic acids is 1. The Labute approximate surface area is 168 Å². The summed E-state index contributed by atoms with van der Waals surface area (Å²) in [6, 6.07) is 16.4. The van der Waals surface area contributed by atoms with E-state index in [-0.39, 0.29) is 11.8 Å². The molecule has 0 bridgehead atoms. The Morgan fingerprint density at radius 1 is 0.786 bits per heavy atom. The van der Waals surface area contributed by atoms with Crippen LogP contribution in [0, 0.1) is 11.8 Å². The molecule has 0 aromatic heterocycles. The summed E-state index contributed by atoms with van der Waals surface area (Å²) in [5.74, 6) is 3.98. The monoisotopic (exact) mass is 378 g/mol. The Balaban J connectivity index is 1.51. The molecule has 0 amide bonds. The van der Waals surface area contributed by atoms with Crippen LogP contribution in [0.1, 0.15) is 61.5 Å². The van der Waals surface area contributed by atoms with Gasteiger partial charge in [-0.3, -0.25) is 4.79 Å². The molecular weight excluding hydrogens is 348 g/mol. The Morgan fingerprint density at radius 2 is 1.18 bits per heavy atom. The van der Waals surface area contributed by atoms with E-state index in [1.165, 1.54) is 36.8 Å². The molecule has 0 N–H and O–H groups in total. The zero-order valence-corrected chi connectivity index (χ0v) is 16.9. The zero-order valence-electron chi connectivity index (χ0n) is 16.9. The second-order valence-corrected chi connectivity index (χ2v) is 8.32. The molecule has 4 rings (SSSR count). The standard InChI is InChI=1S/C25H30O3/c1-27-24-9-5-3-7-20(24)22(17-11-12-17)15-19(26)16-23(18-13-14-18)21-8-4-6-10-25(21)28-2/h3-10,17-18,22-23H,11-16H2,1-2H3/t22-,23-/m1/s1. The van der Waals surface area contributed by atoms with Gasteiger partial charge < -0.3 is 9.47 Å². The molecule has 2 saturated carbocycles. The molecule has 2 fully saturated rings. The van der Waals surface area contributed by atoms with E-state index >= 15 is 0 Å². The topological polar surface area (TPSA) is 35.5 Å². The van der Waals surface area contributed by atoms with E-state index in [0.717, 1.165) is 11.5 Å². The predicted molar refractivity (Wildman–Crippen MR) is 111 cm³/mol. The molecule has 0 heterocycles. The Bertz CT molecular complexity index is 753. The van der Waals surface area contributed by atoms with Gasteiger partial charge in [0.05, 0.1) is 14.2 Å². The Morgan fingerprint density at radius 3 is 1.54 bits per heavy atom. The summed E-state index contributed by atoms with van der Waals surface area (Å²) in [5, 5.41) is 0. The molecule has 2 aromatic carbocycles. The quantitative estimate of drug-likeness (QED) is 0.529. The molecule has 148 valence electrons. The van der Waals surface area contributed by atoms with Gasteiger partial charge in [0.25, 0.3) is 0 Å². The first-order chi connectivity index (χ1) is 13.7. The number of para-hydroxylation sites is 2. The average molecular weight is 379 g/mol. The lowest BCUT2D eigenvalue weighted by Crippen LogP contribution is -2.15. The van der Waals surface area contributed by atoms with Crippen LogP contribution in [0.4, 0.5) is 0 Å². The highest BCUT2D eigenvalue weighted by atomic mass is 16.5. The van der Waals surface area contributed by atoms with Crippen LogP contribution in [0.5, 0.6) is 11.5 Å². The minimum Gasteiger partial charge on any atom is -0.496 e. The van der Waals surface area contributed by atoms with E-state index in [1.54, 1.807) is 14.2 Å². The predicted octanol–water partition coefficient (Wildman–Crippen LogP) is 5.74. The maximum atomic E-state index is 13.2. The van der Waals surface area contributed by atoms with Gasteiger partial charge in [0.2, 0.25) is 0 Å². The van der Waals surface area contributed by atoms with Gasteiger partial charge in [0.15, 0.2) is 0 Å². The third-order valence-corrected chi connectivity index (χ3v) is 6.35. The smallest absolute Gasteiger partial charge is 0.134 e. The van der Waals surface area contributed by atoms with Crippen molar-refractivity contribution in [2.24, 2.45) is 11.8 Å². The fraction of sp³-hybridized carbons (Fsp3) is 0.480. The van der Waals surface area contributed by atoms with Gasteiger partial charge in [0.1, 0.15) is 17.3 Å². The van der Waals surface area contributed by atoms with Gasteiger partial charge in [-0.1, -0.05) is 36.4 Å². The molecule has 28 heavy (non-hydrogen) atoms. The number of rotatable bonds is 10. The third-order valence-electron chi connectivity index (χ3n) is 6.35. The molecule has 3 heteroatoms. The van der Waals surface area contributed by atoms with Crippen molar-refractivity contribution in [1.82, 2.24) is 0 Å². The zero-order chi connectivity index (χ0) is 19.5. The normalized spacial score (nSPS) is 18.4. The van der Waals surface area contributed by atoms with Crippen LogP contribution in [0.3, 0.4) is 0 Å². The Kier molecular flexibility index (Phi) is 5.70. The van der Waals surface area contributed by atoms with Crippen molar-refractivity contribution in [3.05, 3.63) is 59.7 Å². The summed E-state index contributed by atoms with van der Waals surface area (Å²) < 4.78 is 11.2. The molecule has 0 radical (unpaired) electrons. The summed E-state index contributed by atoms with van der Waals surface area (Å²) in [6.45, 7) is 0. The second kappa shape index (κ2) is 8.38. The number of ether oxygens (including phenoxy) is 2. The van der Waals surface area contributed by atoms with E-state index in [0.29, 0.717) is 30.5 Å². The van der Waals surface area contributed by atoms with Crippen molar-refractivity contribution in [1.29, 1.82) is 0 Å². The van der Waals surface area contributed by atoms with Crippen molar-refractivity contribution in [2.45, 2.75) is 50.4 Å². The lowest BCUT2D eigenvalue weighted by molar-refractivity contribution is -0.120. The highest BCUT2D eigenvalue weighted by Gasteiger charge is 2.38. The minimum absolute atomic E-state index is 0.279. The van der Waals surface area contributed by atoms with E-state index in [4.69, 9.17) is 9.47 Å². The lowest BCUT2D eigenvalue weighted by atomic mass is 9.83.